The average molecular weight is 1290 g/mol. The van der Waals surface area contributed by atoms with Crippen LogP contribution in [0.25, 0.3) is 0 Å². The van der Waals surface area contributed by atoms with Gasteiger partial charge in [0.1, 0.15) is 36.6 Å². The van der Waals surface area contributed by atoms with Crippen molar-refractivity contribution in [3.63, 3.8) is 0 Å². The largest absolute Gasteiger partial charge is 0.508 e. The number of nitrogens with one attached hydrogen (secondary N) is 1. The number of carbonyl (C=O) groups is 6. The lowest BCUT2D eigenvalue weighted by Crippen LogP contribution is -2.63. The number of hydrogen-bond acceptors (Lipinski definition) is 18. The van der Waals surface area contributed by atoms with Crippen molar-refractivity contribution < 1.29 is 84.2 Å². The van der Waals surface area contributed by atoms with Gasteiger partial charge in [-0.25, -0.2) is 4.79 Å². The third kappa shape index (κ3) is 13.1. The standard InChI is InChI=1S/C35H41NO7.C21H28O6.C19H21NO4/c1-34-11-10-24(38)15-22(34)8-9-25-26-16-30(32(29(41)18-37)35(26,2)17-28(40)31(25)34)43-33(42)21-7-6-20(27(39)14-21)12-19-4-3-5-23(36)13-19;1-19-6-5-12(23)7-11(19)3-4-13-14-8-16(25)21(27,17(26)10-22)20(14,2)9-15(24)18(13)19;1-19(2,3)24-18(23)20-16-6-4-5-13(10-16)9-15-8-7-14(12-21)11-17(15)22/h3-7,10-11,13-15,25-26,28,30-33,37,39-40,42H,8-9,12,16-18,36H2,1-2H3;5-7,13-16,18,22,24-25,27H,3-4,8-10H2,1-2H3;4-8,10-12,22H,9H2,1-3H3,(H,20,23)/t25-,26-,28-,30+,31+,32-,33-,34-,35-;13-,14-,15-,16+,18+,19-,20-,21-;/m00./s1. The van der Waals surface area contributed by atoms with E-state index in [0.717, 1.165) is 48.0 Å². The number of ether oxygens (including phenoxy) is 2. The first kappa shape index (κ1) is 69.4. The van der Waals surface area contributed by atoms with Crippen molar-refractivity contribution in [3.05, 3.63) is 166 Å². The first-order valence-electron chi connectivity index (χ1n) is 32.6. The molecule has 19 nitrogen and oxygen atoms in total. The van der Waals surface area contributed by atoms with Crippen molar-refractivity contribution in [1.29, 1.82) is 0 Å². The summed E-state index contributed by atoms with van der Waals surface area (Å²) in [4.78, 5) is 72.2. The van der Waals surface area contributed by atoms with Gasteiger partial charge in [0.05, 0.1) is 30.3 Å². The fourth-order valence-corrected chi connectivity index (χ4v) is 18.3. The average Bonchev–Trinajstić information content (AvgIpc) is 1.45. The second kappa shape index (κ2) is 26.6. The van der Waals surface area contributed by atoms with Crippen LogP contribution in [0, 0.1) is 63.1 Å². The van der Waals surface area contributed by atoms with Gasteiger partial charge in [0.15, 0.2) is 35.0 Å². The van der Waals surface area contributed by atoms with Gasteiger partial charge in [0, 0.05) is 63.4 Å². The Morgan fingerprint density at radius 3 is 1.84 bits per heavy atom. The van der Waals surface area contributed by atoms with Gasteiger partial charge in [-0.05, 0) is 184 Å². The topological polar surface area (TPSA) is 341 Å². The maximum atomic E-state index is 13.3. The van der Waals surface area contributed by atoms with Gasteiger partial charge in [-0.1, -0.05) is 99.5 Å². The number of ketones is 4. The van der Waals surface area contributed by atoms with E-state index in [4.69, 9.17) is 15.2 Å². The Balaban J connectivity index is 0.000000163. The Morgan fingerprint density at radius 2 is 1.29 bits per heavy atom. The molecule has 4 aromatic rings. The number of aldehydes is 1. The summed E-state index contributed by atoms with van der Waals surface area (Å²) in [6.07, 6.45) is 10.9. The number of hydrogen-bond donors (Lipinski definition) is 11. The van der Waals surface area contributed by atoms with Crippen molar-refractivity contribution in [3.8, 4) is 11.5 Å². The van der Waals surface area contributed by atoms with Gasteiger partial charge >= 0.3 is 6.09 Å². The Kier molecular flexibility index (Phi) is 19.6. The summed E-state index contributed by atoms with van der Waals surface area (Å²) in [5, 5.41) is 98.6. The SMILES string of the molecule is CC(C)(C)OC(=O)Nc1cccc(Cc2ccc(C=O)cc2O)c1.C[C@]12C=CC(=O)C=C1CC[C@@H]1[C@@H]2[C@@H](O)C[C@@]2(C)[C@H]1C[C@@H](O)[C@]2(O)C(=O)CO.C[C@]12C[C@H](O)[C@H]3[C@@H](CCC4=CC(=O)C=C[C@@]43C)[C@@H]1C[C@@H](O[C@H](O)c1ccc(Cc3cccc(N)c3)c(O)c1)[C@@H]2C(=O)CO. The summed E-state index contributed by atoms with van der Waals surface area (Å²) in [7, 11) is 0. The summed E-state index contributed by atoms with van der Waals surface area (Å²) in [6, 6.07) is 24.4. The van der Waals surface area contributed by atoms with Gasteiger partial charge in [0.25, 0.3) is 0 Å². The predicted octanol–water partition coefficient (Wildman–Crippen LogP) is 8.68. The summed E-state index contributed by atoms with van der Waals surface area (Å²) in [6.45, 7) is 11.8. The highest BCUT2D eigenvalue weighted by Crippen LogP contribution is 2.69. The van der Waals surface area contributed by atoms with Crippen LogP contribution in [0.2, 0.25) is 0 Å². The van der Waals surface area contributed by atoms with Gasteiger partial charge in [-0.3, -0.25) is 29.3 Å². The van der Waals surface area contributed by atoms with Gasteiger partial charge in [0.2, 0.25) is 0 Å². The molecule has 0 aliphatic heterocycles. The number of nitrogens with two attached hydrogens (primary N) is 1. The van der Waals surface area contributed by atoms with Crippen molar-refractivity contribution in [2.24, 2.45) is 63.1 Å². The number of Topliss-reactive ketones (excluding diaryl/α,β-unsaturated/α-hetero) is 2. The van der Waals surface area contributed by atoms with Crippen LogP contribution in [0.15, 0.2) is 133 Å². The van der Waals surface area contributed by atoms with Crippen molar-refractivity contribution in [2.75, 3.05) is 24.3 Å². The maximum Gasteiger partial charge on any atom is 0.412 e. The second-order valence-electron chi connectivity index (χ2n) is 29.3. The third-order valence-electron chi connectivity index (χ3n) is 22.5. The maximum absolute atomic E-state index is 13.3. The normalized spacial score (nSPS) is 33.7. The molecule has 94 heavy (non-hydrogen) atoms. The highest BCUT2D eigenvalue weighted by Gasteiger charge is 2.72. The van der Waals surface area contributed by atoms with Gasteiger partial charge < -0.3 is 61.2 Å². The quantitative estimate of drug-likeness (QED) is 0.0339. The zero-order valence-electron chi connectivity index (χ0n) is 54.4. The van der Waals surface area contributed by atoms with Crippen LogP contribution in [-0.2, 0) is 41.5 Å². The number of nitrogen functional groups attached to an aromatic ring is 1. The molecule has 12 N–H and O–H groups in total. The van der Waals surface area contributed by atoms with Gasteiger partial charge in [-0.2, -0.15) is 0 Å². The number of benzene rings is 4. The molecule has 0 saturated heterocycles. The zero-order valence-corrected chi connectivity index (χ0v) is 54.4. The molecule has 0 heterocycles. The Bertz CT molecular complexity index is 3730. The minimum absolute atomic E-state index is 0.00826. The number of rotatable bonds is 13. The molecule has 12 rings (SSSR count). The fourth-order valence-electron chi connectivity index (χ4n) is 18.3. The summed E-state index contributed by atoms with van der Waals surface area (Å²) >= 11 is 0. The van der Waals surface area contributed by atoms with Crippen molar-refractivity contribution >= 4 is 46.9 Å². The second-order valence-corrected chi connectivity index (χ2v) is 29.3. The smallest absolute Gasteiger partial charge is 0.412 e. The molecule has 17 atom stereocenters. The molecule has 0 bridgehead atoms. The minimum Gasteiger partial charge on any atom is -0.508 e. The molecule has 6 saturated carbocycles. The van der Waals surface area contributed by atoms with Crippen LogP contribution in [0.1, 0.15) is 144 Å². The molecule has 19 heteroatoms. The van der Waals surface area contributed by atoms with E-state index < -0.39 is 94.6 Å². The molecule has 0 unspecified atom stereocenters. The minimum atomic E-state index is -2.05. The molecule has 0 spiro atoms. The molecule has 502 valence electrons. The number of phenolic OH excluding ortho intramolecular Hbond substituents is 2. The summed E-state index contributed by atoms with van der Waals surface area (Å²) < 4.78 is 11.4. The Labute approximate surface area is 548 Å². The van der Waals surface area contributed by atoms with Crippen LogP contribution in [0.5, 0.6) is 11.5 Å². The number of aliphatic hydroxyl groups is 7. The van der Waals surface area contributed by atoms with Crippen LogP contribution in [0.4, 0.5) is 16.2 Å². The summed E-state index contributed by atoms with van der Waals surface area (Å²) in [5.74, 6) is -2.14. The van der Waals surface area contributed by atoms with E-state index in [1.165, 1.54) is 12.1 Å². The van der Waals surface area contributed by atoms with Crippen LogP contribution in [-0.4, -0.2) is 130 Å². The molecular formula is C75H90N2O17. The molecule has 8 aliphatic carbocycles. The molecule has 8 aliphatic rings. The van der Waals surface area contributed by atoms with Crippen molar-refractivity contribution in [2.45, 2.75) is 155 Å². The third-order valence-corrected chi connectivity index (χ3v) is 22.5. The van der Waals surface area contributed by atoms with Crippen LogP contribution in [0.3, 0.4) is 0 Å². The first-order valence-corrected chi connectivity index (χ1v) is 32.6. The fraction of sp³-hybridized carbons (Fsp3) is 0.493. The number of allylic oxidation sites excluding steroid dienone is 8. The first-order chi connectivity index (χ1) is 44.3. The highest BCUT2D eigenvalue weighted by molar-refractivity contribution is 6.02. The molecule has 1 amide bonds. The number of carbonyl (C=O) groups excluding carboxylic acids is 6. The highest BCUT2D eigenvalue weighted by atomic mass is 16.6. The molecule has 0 aromatic heterocycles. The lowest BCUT2D eigenvalue weighted by atomic mass is 9.46. The number of aromatic hydroxyl groups is 2. The monoisotopic (exact) mass is 1290 g/mol. The number of anilines is 2. The van der Waals surface area contributed by atoms with Crippen LogP contribution < -0.4 is 11.1 Å². The summed E-state index contributed by atoms with van der Waals surface area (Å²) in [5.41, 5.74) is 8.11. The number of phenols is 2. The van der Waals surface area contributed by atoms with E-state index in [1.807, 2.05) is 62.4 Å². The Morgan fingerprint density at radius 1 is 0.723 bits per heavy atom. The number of fused-ring (bicyclic) bond motifs is 10. The van der Waals surface area contributed by atoms with Crippen LogP contribution >= 0.6 is 0 Å². The predicted molar refractivity (Wildman–Crippen MR) is 350 cm³/mol. The molecule has 6 fully saturated rings. The number of aliphatic hydroxyl groups excluding tert-OH is 6. The number of amides is 1. The van der Waals surface area contributed by atoms with E-state index in [2.05, 4.69) is 12.2 Å². The lowest BCUT2D eigenvalue weighted by molar-refractivity contribution is -0.190. The van der Waals surface area contributed by atoms with E-state index >= 15 is 0 Å². The lowest BCUT2D eigenvalue weighted by Gasteiger charge is -2.59. The molecular weight excluding hydrogens is 1200 g/mol. The zero-order chi connectivity index (χ0) is 68.2. The van der Waals surface area contributed by atoms with E-state index in [-0.39, 0.29) is 77.2 Å². The Hall–Kier alpha value is -7.46. The van der Waals surface area contributed by atoms with Gasteiger partial charge in [-0.15, -0.1) is 0 Å². The molecule has 0 radical (unpaired) electrons. The van der Waals surface area contributed by atoms with Crippen molar-refractivity contribution in [1.82, 2.24) is 0 Å². The van der Waals surface area contributed by atoms with E-state index in [0.29, 0.717) is 65.6 Å². The molecule has 4 aromatic carbocycles. The van der Waals surface area contributed by atoms with E-state index in [9.17, 15) is 74.7 Å². The van der Waals surface area contributed by atoms with E-state index in [1.54, 1.807) is 88.4 Å².